The molecule has 0 fully saturated rings. The number of nitrogens with zero attached hydrogens (tertiary/aromatic N) is 2. The van der Waals surface area contributed by atoms with Crippen LogP contribution in [0.1, 0.15) is 12.5 Å². The average molecular weight is 170 g/mol. The average Bonchev–Trinajstić information content (AvgIpc) is 2.05. The van der Waals surface area contributed by atoms with Crippen molar-refractivity contribution in [1.82, 2.24) is 4.98 Å². The second kappa shape index (κ2) is 3.34. The molecule has 1 rings (SSSR count). The predicted octanol–water partition coefficient (Wildman–Crippen LogP) is 1.42. The number of hydrogen-bond donors (Lipinski definition) is 1. The van der Waals surface area contributed by atoms with Crippen LogP contribution in [0.2, 0.25) is 5.15 Å². The molecule has 0 unspecified atom stereocenters. The first-order valence-corrected chi connectivity index (χ1v) is 3.48. The number of pyridine rings is 1. The lowest BCUT2D eigenvalue weighted by molar-refractivity contribution is 1.22. The zero-order chi connectivity index (χ0) is 8.27. The van der Waals surface area contributed by atoms with Gasteiger partial charge in [0.05, 0.1) is 5.71 Å². The van der Waals surface area contributed by atoms with Crippen LogP contribution in [0.5, 0.6) is 0 Å². The Kier molecular flexibility index (Phi) is 2.44. The van der Waals surface area contributed by atoms with Gasteiger partial charge in [0, 0.05) is 11.8 Å². The monoisotopic (exact) mass is 169 g/mol. The lowest BCUT2D eigenvalue weighted by Crippen LogP contribution is -1.98. The van der Waals surface area contributed by atoms with Gasteiger partial charge in [0.15, 0.2) is 0 Å². The highest BCUT2D eigenvalue weighted by Crippen LogP contribution is 2.05. The SMILES string of the molecule is CC(=NN)c1ccc(Cl)nc1. The summed E-state index contributed by atoms with van der Waals surface area (Å²) in [7, 11) is 0. The van der Waals surface area contributed by atoms with E-state index in [0.29, 0.717) is 5.15 Å². The first kappa shape index (κ1) is 8.01. The van der Waals surface area contributed by atoms with Crippen LogP contribution >= 0.6 is 11.6 Å². The largest absolute Gasteiger partial charge is 0.323 e. The maximum Gasteiger partial charge on any atom is 0.129 e. The number of aromatic nitrogens is 1. The third kappa shape index (κ3) is 1.91. The van der Waals surface area contributed by atoms with E-state index in [1.807, 2.05) is 13.0 Å². The summed E-state index contributed by atoms with van der Waals surface area (Å²) in [5.74, 6) is 5.07. The Balaban J connectivity index is 2.99. The van der Waals surface area contributed by atoms with Crippen molar-refractivity contribution >= 4 is 17.3 Å². The number of rotatable bonds is 1. The summed E-state index contributed by atoms with van der Waals surface area (Å²) < 4.78 is 0. The highest BCUT2D eigenvalue weighted by molar-refractivity contribution is 6.29. The van der Waals surface area contributed by atoms with Crippen molar-refractivity contribution in [2.45, 2.75) is 6.92 Å². The third-order valence-electron chi connectivity index (χ3n) is 1.34. The molecule has 1 aromatic rings. The second-order valence-corrected chi connectivity index (χ2v) is 2.47. The van der Waals surface area contributed by atoms with Gasteiger partial charge in [0.1, 0.15) is 5.15 Å². The highest BCUT2D eigenvalue weighted by Gasteiger charge is 1.95. The third-order valence-corrected chi connectivity index (χ3v) is 1.56. The predicted molar refractivity (Wildman–Crippen MR) is 45.6 cm³/mol. The lowest BCUT2D eigenvalue weighted by Gasteiger charge is -1.96. The van der Waals surface area contributed by atoms with E-state index in [9.17, 15) is 0 Å². The summed E-state index contributed by atoms with van der Waals surface area (Å²) in [4.78, 5) is 3.88. The van der Waals surface area contributed by atoms with Crippen molar-refractivity contribution in [2.75, 3.05) is 0 Å². The topological polar surface area (TPSA) is 51.3 Å². The summed E-state index contributed by atoms with van der Waals surface area (Å²) in [6, 6.07) is 3.52. The molecular weight excluding hydrogens is 162 g/mol. The smallest absolute Gasteiger partial charge is 0.129 e. The van der Waals surface area contributed by atoms with Crippen molar-refractivity contribution in [3.63, 3.8) is 0 Å². The van der Waals surface area contributed by atoms with Gasteiger partial charge in [-0.25, -0.2) is 4.98 Å². The minimum Gasteiger partial charge on any atom is -0.323 e. The molecule has 0 atom stereocenters. The number of hydrogen-bond acceptors (Lipinski definition) is 3. The van der Waals surface area contributed by atoms with Gasteiger partial charge in [-0.1, -0.05) is 11.6 Å². The van der Waals surface area contributed by atoms with E-state index in [0.717, 1.165) is 11.3 Å². The summed E-state index contributed by atoms with van der Waals surface area (Å²) in [6.07, 6.45) is 1.63. The molecule has 0 aliphatic rings. The molecule has 0 spiro atoms. The zero-order valence-corrected chi connectivity index (χ0v) is 6.84. The molecule has 0 bridgehead atoms. The Morgan fingerprint density at radius 2 is 2.36 bits per heavy atom. The molecule has 1 heterocycles. The van der Waals surface area contributed by atoms with Gasteiger partial charge in [0.25, 0.3) is 0 Å². The standard InChI is InChI=1S/C7H8ClN3/c1-5(11-9)6-2-3-7(8)10-4-6/h2-4H,9H2,1H3. The maximum absolute atomic E-state index is 5.58. The van der Waals surface area contributed by atoms with Crippen LogP contribution in [-0.2, 0) is 0 Å². The fraction of sp³-hybridized carbons (Fsp3) is 0.143. The molecule has 0 aliphatic carbocycles. The molecule has 2 N–H and O–H groups in total. The van der Waals surface area contributed by atoms with Crippen molar-refractivity contribution < 1.29 is 0 Å². The molecular formula is C7H8ClN3. The van der Waals surface area contributed by atoms with Crippen LogP contribution in [-0.4, -0.2) is 10.7 Å². The van der Waals surface area contributed by atoms with E-state index >= 15 is 0 Å². The fourth-order valence-electron chi connectivity index (χ4n) is 0.664. The van der Waals surface area contributed by atoms with Gasteiger partial charge in [-0.05, 0) is 19.1 Å². The van der Waals surface area contributed by atoms with E-state index in [2.05, 4.69) is 10.1 Å². The van der Waals surface area contributed by atoms with E-state index < -0.39 is 0 Å². The Hall–Kier alpha value is -1.09. The van der Waals surface area contributed by atoms with Gasteiger partial charge in [-0.3, -0.25) is 0 Å². The van der Waals surface area contributed by atoms with Crippen molar-refractivity contribution in [1.29, 1.82) is 0 Å². The molecule has 58 valence electrons. The molecule has 0 radical (unpaired) electrons. The highest BCUT2D eigenvalue weighted by atomic mass is 35.5. The van der Waals surface area contributed by atoms with Crippen molar-refractivity contribution in [3.8, 4) is 0 Å². The van der Waals surface area contributed by atoms with Crippen molar-refractivity contribution in [3.05, 3.63) is 29.0 Å². The van der Waals surface area contributed by atoms with Crippen LogP contribution < -0.4 is 5.84 Å². The number of halogens is 1. The zero-order valence-electron chi connectivity index (χ0n) is 6.08. The van der Waals surface area contributed by atoms with Crippen molar-refractivity contribution in [2.24, 2.45) is 10.9 Å². The molecule has 0 saturated heterocycles. The van der Waals surface area contributed by atoms with Gasteiger partial charge in [-0.15, -0.1) is 0 Å². The van der Waals surface area contributed by atoms with Gasteiger partial charge in [0.2, 0.25) is 0 Å². The van der Waals surface area contributed by atoms with E-state index in [4.69, 9.17) is 17.4 Å². The molecule has 11 heavy (non-hydrogen) atoms. The Morgan fingerprint density at radius 1 is 1.64 bits per heavy atom. The summed E-state index contributed by atoms with van der Waals surface area (Å²) in [5.41, 5.74) is 1.63. The molecule has 0 saturated carbocycles. The first-order chi connectivity index (χ1) is 5.24. The van der Waals surface area contributed by atoms with Gasteiger partial charge >= 0.3 is 0 Å². The normalized spacial score (nSPS) is 11.6. The molecule has 0 aromatic carbocycles. The quantitative estimate of drug-likeness (QED) is 0.299. The Morgan fingerprint density at radius 3 is 2.82 bits per heavy atom. The van der Waals surface area contributed by atoms with Crippen LogP contribution in [0, 0.1) is 0 Å². The molecule has 0 aliphatic heterocycles. The summed E-state index contributed by atoms with van der Waals surface area (Å²) in [6.45, 7) is 1.81. The molecule has 1 aromatic heterocycles. The molecule has 4 heteroatoms. The van der Waals surface area contributed by atoms with Crippen LogP contribution in [0.15, 0.2) is 23.4 Å². The maximum atomic E-state index is 5.58. The number of hydrazone groups is 1. The number of nitrogens with two attached hydrogens (primary N) is 1. The first-order valence-electron chi connectivity index (χ1n) is 3.10. The summed E-state index contributed by atoms with van der Waals surface area (Å²) >= 11 is 5.58. The van der Waals surface area contributed by atoms with E-state index in [1.54, 1.807) is 12.3 Å². The minimum atomic E-state index is 0.471. The van der Waals surface area contributed by atoms with E-state index in [1.165, 1.54) is 0 Å². The molecule has 0 amide bonds. The Bertz CT molecular complexity index is 266. The van der Waals surface area contributed by atoms with Crippen LogP contribution in [0.3, 0.4) is 0 Å². The lowest BCUT2D eigenvalue weighted by atomic mass is 10.2. The van der Waals surface area contributed by atoms with E-state index in [-0.39, 0.29) is 0 Å². The summed E-state index contributed by atoms with van der Waals surface area (Å²) in [5, 5.41) is 3.99. The van der Waals surface area contributed by atoms with Gasteiger partial charge in [-0.2, -0.15) is 5.10 Å². The molecule has 3 nitrogen and oxygen atoms in total. The van der Waals surface area contributed by atoms with Crippen LogP contribution in [0.25, 0.3) is 0 Å². The van der Waals surface area contributed by atoms with Crippen LogP contribution in [0.4, 0.5) is 0 Å². The Labute approximate surface area is 69.9 Å². The fourth-order valence-corrected chi connectivity index (χ4v) is 0.776. The minimum absolute atomic E-state index is 0.471. The van der Waals surface area contributed by atoms with Gasteiger partial charge < -0.3 is 5.84 Å². The second-order valence-electron chi connectivity index (χ2n) is 2.08.